The maximum absolute atomic E-state index is 14.3. The van der Waals surface area contributed by atoms with E-state index in [9.17, 15) is 22.4 Å². The van der Waals surface area contributed by atoms with Crippen molar-refractivity contribution < 1.29 is 27.1 Å². The second kappa shape index (κ2) is 9.24. The molecule has 1 aliphatic carbocycles. The molecule has 11 nitrogen and oxygen atoms in total. The lowest BCUT2D eigenvalue weighted by molar-refractivity contribution is 0.0528. The highest BCUT2D eigenvalue weighted by Crippen LogP contribution is 2.43. The Hall–Kier alpha value is -4.39. The normalized spacial score (nSPS) is 13.5. The smallest absolute Gasteiger partial charge is 0.339 e. The van der Waals surface area contributed by atoms with Crippen molar-refractivity contribution in [2.24, 2.45) is 5.73 Å². The molecule has 1 saturated carbocycles. The topological polar surface area (TPSA) is 170 Å². The highest BCUT2D eigenvalue weighted by molar-refractivity contribution is 7.92. The number of nitrogens with two attached hydrogens (primary N) is 1. The summed E-state index contributed by atoms with van der Waals surface area (Å²) in [6.45, 7) is 1.90. The summed E-state index contributed by atoms with van der Waals surface area (Å²) >= 11 is 0. The second-order valence-corrected chi connectivity index (χ2v) is 10.1. The molecule has 1 aromatic carbocycles. The predicted octanol–water partition coefficient (Wildman–Crippen LogP) is 3.11. The van der Waals surface area contributed by atoms with Crippen molar-refractivity contribution in [2.45, 2.75) is 30.6 Å². The fourth-order valence-electron chi connectivity index (χ4n) is 3.86. The fourth-order valence-corrected chi connectivity index (χ4v) is 4.87. The molecule has 0 saturated heterocycles. The van der Waals surface area contributed by atoms with E-state index in [1.807, 2.05) is 0 Å². The third kappa shape index (κ3) is 4.72. The molecular formula is C24H21FN6O5S. The molecule has 4 N–H and O–H groups in total. The second-order valence-electron chi connectivity index (χ2n) is 8.43. The van der Waals surface area contributed by atoms with Crippen LogP contribution in [0.2, 0.25) is 0 Å². The number of H-pyrrole nitrogens is 1. The predicted molar refractivity (Wildman–Crippen MR) is 131 cm³/mol. The molecule has 0 bridgehead atoms. The van der Waals surface area contributed by atoms with E-state index in [-0.39, 0.29) is 28.7 Å². The summed E-state index contributed by atoms with van der Waals surface area (Å²) < 4.78 is 47.2. The molecule has 1 amide bonds. The highest BCUT2D eigenvalue weighted by atomic mass is 32.2. The van der Waals surface area contributed by atoms with Gasteiger partial charge < -0.3 is 10.5 Å². The molecule has 0 spiro atoms. The van der Waals surface area contributed by atoms with Gasteiger partial charge >= 0.3 is 5.97 Å². The third-order valence-corrected chi connectivity index (χ3v) is 7.19. The molecular weight excluding hydrogens is 503 g/mol. The van der Waals surface area contributed by atoms with Gasteiger partial charge in [-0.1, -0.05) is 0 Å². The van der Waals surface area contributed by atoms with Crippen molar-refractivity contribution in [3.05, 3.63) is 65.2 Å². The summed E-state index contributed by atoms with van der Waals surface area (Å²) in [6.07, 6.45) is 3.07. The Kier molecular flexibility index (Phi) is 6.07. The van der Waals surface area contributed by atoms with E-state index in [0.29, 0.717) is 28.0 Å². The maximum atomic E-state index is 14.3. The Balaban J connectivity index is 1.46. The zero-order chi connectivity index (χ0) is 26.3. The first-order chi connectivity index (χ1) is 17.7. The number of carbonyl (C=O) groups is 2. The van der Waals surface area contributed by atoms with Crippen LogP contribution in [0.25, 0.3) is 22.4 Å². The molecule has 5 rings (SSSR count). The van der Waals surface area contributed by atoms with E-state index in [2.05, 4.69) is 24.9 Å². The number of primary amides is 1. The quantitative estimate of drug-likeness (QED) is 0.295. The maximum Gasteiger partial charge on any atom is 0.339 e. The van der Waals surface area contributed by atoms with E-state index < -0.39 is 27.7 Å². The average molecular weight is 525 g/mol. The van der Waals surface area contributed by atoms with Crippen LogP contribution in [-0.2, 0) is 14.8 Å². The monoisotopic (exact) mass is 524 g/mol. The first-order valence-electron chi connectivity index (χ1n) is 11.3. The molecule has 0 atom stereocenters. The fraction of sp³-hybridized carbons (Fsp3) is 0.208. The van der Waals surface area contributed by atoms with Crippen LogP contribution >= 0.6 is 0 Å². The van der Waals surface area contributed by atoms with Gasteiger partial charge in [0, 0.05) is 23.4 Å². The minimum atomic E-state index is -4.21. The van der Waals surface area contributed by atoms with E-state index in [4.69, 9.17) is 10.5 Å². The van der Waals surface area contributed by atoms with Crippen molar-refractivity contribution in [2.75, 3.05) is 11.3 Å². The van der Waals surface area contributed by atoms with Crippen LogP contribution in [0, 0.1) is 5.82 Å². The number of rotatable bonds is 8. The number of aromatic nitrogens is 4. The van der Waals surface area contributed by atoms with Gasteiger partial charge in [0.05, 0.1) is 34.6 Å². The minimum absolute atomic E-state index is 0.0979. The number of carbonyl (C=O) groups excluding carboxylic acids is 2. The molecule has 0 aliphatic heterocycles. The lowest BCUT2D eigenvalue weighted by atomic mass is 10.1. The minimum Gasteiger partial charge on any atom is -0.462 e. The van der Waals surface area contributed by atoms with Gasteiger partial charge in [-0.05, 0) is 56.2 Å². The van der Waals surface area contributed by atoms with Crippen LogP contribution in [0.5, 0.6) is 0 Å². The number of benzene rings is 1. The molecule has 0 unspecified atom stereocenters. The van der Waals surface area contributed by atoms with Gasteiger partial charge in [0.15, 0.2) is 5.65 Å². The van der Waals surface area contributed by atoms with Crippen LogP contribution < -0.4 is 10.5 Å². The number of hydrogen-bond acceptors (Lipinski definition) is 8. The van der Waals surface area contributed by atoms with Gasteiger partial charge in [0.25, 0.3) is 10.0 Å². The van der Waals surface area contributed by atoms with Crippen molar-refractivity contribution in [1.29, 1.82) is 0 Å². The zero-order valence-electron chi connectivity index (χ0n) is 19.5. The van der Waals surface area contributed by atoms with Crippen LogP contribution in [0.4, 0.5) is 10.1 Å². The Morgan fingerprint density at radius 1 is 1.19 bits per heavy atom. The number of ether oxygens (including phenoxy) is 1. The molecule has 3 heterocycles. The summed E-state index contributed by atoms with van der Waals surface area (Å²) in [7, 11) is -4.21. The number of nitrogens with one attached hydrogen (secondary N) is 2. The molecule has 1 fully saturated rings. The van der Waals surface area contributed by atoms with Gasteiger partial charge in [-0.25, -0.2) is 22.6 Å². The SMILES string of the molecule is CCOC(=O)c1cc(-c2ccc(S(=O)(=O)Nc3ccc(C(N)=O)cc3F)cn2)nc2n[nH]c(C3CC3)c12. The van der Waals surface area contributed by atoms with Crippen LogP contribution in [0.15, 0.2) is 47.5 Å². The number of halogens is 1. The molecule has 1 aliphatic rings. The summed E-state index contributed by atoms with van der Waals surface area (Å²) in [5, 5.41) is 7.84. The van der Waals surface area contributed by atoms with Gasteiger partial charge in [-0.2, -0.15) is 5.10 Å². The first-order valence-corrected chi connectivity index (χ1v) is 12.8. The van der Waals surface area contributed by atoms with Gasteiger partial charge in [-0.15, -0.1) is 0 Å². The van der Waals surface area contributed by atoms with Crippen molar-refractivity contribution >= 4 is 38.6 Å². The van der Waals surface area contributed by atoms with Crippen LogP contribution in [0.1, 0.15) is 52.1 Å². The van der Waals surface area contributed by atoms with Crippen molar-refractivity contribution in [1.82, 2.24) is 20.2 Å². The molecule has 4 aromatic rings. The molecule has 0 radical (unpaired) electrons. The summed E-state index contributed by atoms with van der Waals surface area (Å²) in [5.74, 6) is -2.03. The Morgan fingerprint density at radius 3 is 2.59 bits per heavy atom. The molecule has 3 aromatic heterocycles. The van der Waals surface area contributed by atoms with Crippen LogP contribution in [-0.4, -0.2) is 47.1 Å². The number of anilines is 1. The van der Waals surface area contributed by atoms with Gasteiger partial charge in [0.2, 0.25) is 5.91 Å². The van der Waals surface area contributed by atoms with E-state index in [1.165, 1.54) is 18.2 Å². The Bertz CT molecular complexity index is 1650. The number of pyridine rings is 2. The van der Waals surface area contributed by atoms with E-state index in [1.54, 1.807) is 13.0 Å². The third-order valence-electron chi connectivity index (χ3n) is 5.84. The molecule has 190 valence electrons. The Labute approximate surface area is 210 Å². The largest absolute Gasteiger partial charge is 0.462 e. The van der Waals surface area contributed by atoms with E-state index in [0.717, 1.165) is 36.9 Å². The number of amides is 1. The standard InChI is InChI=1S/C24H21FN6O5S/c1-2-36-24(33)15-10-19(28-23-20(15)21(29-30-23)12-3-4-12)18-8-6-14(11-27-18)37(34,35)31-17-7-5-13(22(26)32)9-16(17)25/h5-12,31H,2-4H2,1H3,(H2,26,32)(H,28,29,30). The average Bonchev–Trinajstić information content (AvgIpc) is 3.63. The number of sulfonamides is 1. The first kappa shape index (κ1) is 24.3. The number of hydrogen-bond donors (Lipinski definition) is 3. The Morgan fingerprint density at radius 2 is 1.97 bits per heavy atom. The lowest BCUT2D eigenvalue weighted by Crippen LogP contribution is -2.16. The lowest BCUT2D eigenvalue weighted by Gasteiger charge is -2.10. The number of aromatic amines is 1. The number of nitrogens with zero attached hydrogens (tertiary/aromatic N) is 3. The van der Waals surface area contributed by atoms with Crippen molar-refractivity contribution in [3.63, 3.8) is 0 Å². The van der Waals surface area contributed by atoms with Gasteiger partial charge in [0.1, 0.15) is 10.7 Å². The summed E-state index contributed by atoms with van der Waals surface area (Å²) in [4.78, 5) is 32.4. The number of fused-ring (bicyclic) bond motifs is 1. The summed E-state index contributed by atoms with van der Waals surface area (Å²) in [5.41, 5.74) is 6.72. The highest BCUT2D eigenvalue weighted by Gasteiger charge is 2.31. The summed E-state index contributed by atoms with van der Waals surface area (Å²) in [6, 6.07) is 7.39. The van der Waals surface area contributed by atoms with Gasteiger partial charge in [-0.3, -0.25) is 19.6 Å². The number of esters is 1. The zero-order valence-corrected chi connectivity index (χ0v) is 20.3. The van der Waals surface area contributed by atoms with Crippen LogP contribution in [0.3, 0.4) is 0 Å². The van der Waals surface area contributed by atoms with Crippen molar-refractivity contribution in [3.8, 4) is 11.4 Å². The molecule has 37 heavy (non-hydrogen) atoms. The van der Waals surface area contributed by atoms with E-state index >= 15 is 0 Å². The molecule has 13 heteroatoms.